The molecule has 3 aliphatic heterocycles. The van der Waals surface area contributed by atoms with Gasteiger partial charge in [-0.3, -0.25) is 4.90 Å². The van der Waals surface area contributed by atoms with E-state index < -0.39 is 29.7 Å². The molecular formula is C31H30ClF4N7O3. The maximum atomic E-state index is 14.8. The van der Waals surface area contributed by atoms with Crippen molar-refractivity contribution >= 4 is 17.3 Å². The average Bonchev–Trinajstić information content (AvgIpc) is 3.76. The third kappa shape index (κ3) is 5.84. The van der Waals surface area contributed by atoms with Crippen LogP contribution in [-0.4, -0.2) is 67.7 Å². The molecule has 242 valence electrons. The maximum absolute atomic E-state index is 14.8. The summed E-state index contributed by atoms with van der Waals surface area (Å²) >= 11 is 5.96. The van der Waals surface area contributed by atoms with Gasteiger partial charge in [-0.15, -0.1) is 15.3 Å². The van der Waals surface area contributed by atoms with Gasteiger partial charge in [-0.05, 0) is 68.6 Å². The molecule has 10 nitrogen and oxygen atoms in total. The predicted molar refractivity (Wildman–Crippen MR) is 159 cm³/mol. The van der Waals surface area contributed by atoms with E-state index in [1.54, 1.807) is 25.1 Å². The lowest BCUT2D eigenvalue weighted by Crippen LogP contribution is -2.34. The number of fused-ring (bicyclic) bond motifs is 1. The predicted octanol–water partition coefficient (Wildman–Crippen LogP) is 5.67. The average molecular weight is 660 g/mol. The van der Waals surface area contributed by atoms with Gasteiger partial charge in [0.25, 0.3) is 5.79 Å². The summed E-state index contributed by atoms with van der Waals surface area (Å²) in [5.41, 5.74) is 2.73. The first kappa shape index (κ1) is 30.6. The van der Waals surface area contributed by atoms with E-state index in [0.29, 0.717) is 48.9 Å². The Hall–Kier alpha value is -4.01. The minimum Gasteiger partial charge on any atom is -0.444 e. The summed E-state index contributed by atoms with van der Waals surface area (Å²) in [6.07, 6.45) is -2.99. The molecule has 0 saturated carbocycles. The van der Waals surface area contributed by atoms with Crippen molar-refractivity contribution in [3.8, 4) is 23.0 Å². The molecule has 0 aliphatic carbocycles. The van der Waals surface area contributed by atoms with Gasteiger partial charge in [-0.2, -0.15) is 18.3 Å². The van der Waals surface area contributed by atoms with Gasteiger partial charge in [0.05, 0.1) is 17.4 Å². The number of H-pyrrole nitrogens is 1. The smallest absolute Gasteiger partial charge is 0.444 e. The normalized spacial score (nSPS) is 22.2. The number of hydrogen-bond acceptors (Lipinski definition) is 9. The Morgan fingerprint density at radius 3 is 2.52 bits per heavy atom. The molecule has 7 rings (SSSR count). The number of nitrogens with one attached hydrogen (secondary N) is 1. The van der Waals surface area contributed by atoms with E-state index in [-0.39, 0.29) is 28.0 Å². The standard InChI is InChI=1S/C31H30ClF4N7O3/c1-30(21-6-5-18(32)13-22(21)33)45-26-4-2-3-20(27(26)46-30)17-7-10-42(11-8-17)16-24-25(43-12-9-19(44)15-43)14-23(38-39-24)28-37-29(41-40-28)31(34,35)36/h2-6,13-14,17,19,44H,7-12,15-16H2,1H3,(H,37,40,41)/t19?,30-/m0/s1. The van der Waals surface area contributed by atoms with E-state index in [9.17, 15) is 22.7 Å². The molecule has 2 N–H and O–H groups in total. The highest BCUT2D eigenvalue weighted by Gasteiger charge is 2.43. The Morgan fingerprint density at radius 1 is 1.02 bits per heavy atom. The van der Waals surface area contributed by atoms with Crippen LogP contribution < -0.4 is 14.4 Å². The number of likely N-dealkylation sites (tertiary alicyclic amines) is 1. The highest BCUT2D eigenvalue weighted by Crippen LogP contribution is 2.50. The second kappa shape index (κ2) is 11.7. The van der Waals surface area contributed by atoms with Crippen LogP contribution in [0, 0.1) is 5.82 Å². The van der Waals surface area contributed by atoms with Gasteiger partial charge in [-0.1, -0.05) is 23.7 Å². The van der Waals surface area contributed by atoms with Crippen LogP contribution in [0.3, 0.4) is 0 Å². The number of ether oxygens (including phenoxy) is 2. The summed E-state index contributed by atoms with van der Waals surface area (Å²) in [5, 5.41) is 25.9. The molecule has 2 aromatic heterocycles. The van der Waals surface area contributed by atoms with Crippen molar-refractivity contribution in [2.75, 3.05) is 31.1 Å². The zero-order valence-electron chi connectivity index (χ0n) is 24.7. The van der Waals surface area contributed by atoms with Crippen LogP contribution in [0.4, 0.5) is 23.2 Å². The molecule has 0 bridgehead atoms. The van der Waals surface area contributed by atoms with Crippen LogP contribution in [-0.2, 0) is 18.5 Å². The molecule has 4 aromatic rings. The van der Waals surface area contributed by atoms with Crippen LogP contribution in [0.5, 0.6) is 11.5 Å². The van der Waals surface area contributed by atoms with E-state index >= 15 is 0 Å². The number of aliphatic hydroxyl groups is 1. The molecular weight excluding hydrogens is 630 g/mol. The van der Waals surface area contributed by atoms with Crippen LogP contribution in [0.2, 0.25) is 5.02 Å². The molecule has 0 amide bonds. The Morgan fingerprint density at radius 2 is 1.83 bits per heavy atom. The fourth-order valence-corrected chi connectivity index (χ4v) is 6.58. The van der Waals surface area contributed by atoms with Gasteiger partial charge in [0.2, 0.25) is 5.82 Å². The van der Waals surface area contributed by atoms with E-state index in [4.69, 9.17) is 21.1 Å². The fourth-order valence-electron chi connectivity index (χ4n) is 6.43. The van der Waals surface area contributed by atoms with Gasteiger partial charge in [0, 0.05) is 37.1 Å². The summed E-state index contributed by atoms with van der Waals surface area (Å²) in [5.74, 6) is -1.86. The number of β-amino-alcohol motifs (C(OH)–C–C–N with tert-alkyl or cyclic N) is 1. The fraction of sp³-hybridized carbons (Fsp3) is 0.419. The number of hydrogen-bond donors (Lipinski definition) is 2. The number of piperidine rings is 1. The van der Waals surface area contributed by atoms with Crippen molar-refractivity contribution in [1.29, 1.82) is 0 Å². The monoisotopic (exact) mass is 659 g/mol. The second-order valence-electron chi connectivity index (χ2n) is 12.0. The number of para-hydroxylation sites is 1. The molecule has 1 unspecified atom stereocenters. The summed E-state index contributed by atoms with van der Waals surface area (Å²) in [6.45, 7) is 4.58. The lowest BCUT2D eigenvalue weighted by Gasteiger charge is -2.33. The summed E-state index contributed by atoms with van der Waals surface area (Å²) < 4.78 is 66.6. The third-order valence-electron chi connectivity index (χ3n) is 8.78. The topological polar surface area (TPSA) is 113 Å². The van der Waals surface area contributed by atoms with E-state index in [1.165, 1.54) is 6.07 Å². The van der Waals surface area contributed by atoms with Crippen LogP contribution in [0.25, 0.3) is 11.5 Å². The molecule has 2 aromatic carbocycles. The zero-order valence-corrected chi connectivity index (χ0v) is 25.4. The number of aliphatic hydroxyl groups excluding tert-OH is 1. The van der Waals surface area contributed by atoms with Gasteiger partial charge in [-0.25, -0.2) is 4.39 Å². The van der Waals surface area contributed by atoms with Crippen LogP contribution in [0.15, 0.2) is 42.5 Å². The Bertz CT molecular complexity index is 1760. The number of nitrogens with zero attached hydrogens (tertiary/aromatic N) is 6. The largest absolute Gasteiger partial charge is 0.451 e. The van der Waals surface area contributed by atoms with Crippen molar-refractivity contribution < 1.29 is 32.1 Å². The highest BCUT2D eigenvalue weighted by atomic mass is 35.5. The zero-order chi connectivity index (χ0) is 32.2. The van der Waals surface area contributed by atoms with E-state index in [0.717, 1.165) is 31.5 Å². The molecule has 5 heterocycles. The highest BCUT2D eigenvalue weighted by molar-refractivity contribution is 6.30. The molecule has 2 saturated heterocycles. The van der Waals surface area contributed by atoms with Crippen molar-refractivity contribution in [3.63, 3.8) is 0 Å². The van der Waals surface area contributed by atoms with E-state index in [2.05, 4.69) is 30.3 Å². The lowest BCUT2D eigenvalue weighted by atomic mass is 9.88. The maximum Gasteiger partial charge on any atom is 0.451 e. The Kier molecular flexibility index (Phi) is 7.76. The molecule has 3 aliphatic rings. The van der Waals surface area contributed by atoms with Crippen LogP contribution in [0.1, 0.15) is 54.7 Å². The van der Waals surface area contributed by atoms with Gasteiger partial charge in [0.1, 0.15) is 17.2 Å². The quantitative estimate of drug-likeness (QED) is 0.253. The van der Waals surface area contributed by atoms with Crippen molar-refractivity contribution in [1.82, 2.24) is 30.3 Å². The van der Waals surface area contributed by atoms with E-state index in [1.807, 2.05) is 23.1 Å². The molecule has 0 spiro atoms. The molecule has 0 radical (unpaired) electrons. The molecule has 2 fully saturated rings. The summed E-state index contributed by atoms with van der Waals surface area (Å²) in [6, 6.07) is 11.8. The van der Waals surface area contributed by atoms with Crippen molar-refractivity contribution in [2.24, 2.45) is 0 Å². The number of aromatic amines is 1. The van der Waals surface area contributed by atoms with Gasteiger partial charge < -0.3 is 24.5 Å². The number of benzene rings is 2. The second-order valence-corrected chi connectivity index (χ2v) is 12.4. The lowest BCUT2D eigenvalue weighted by molar-refractivity contribution is -0.144. The Labute approximate surface area is 266 Å². The number of rotatable bonds is 6. The summed E-state index contributed by atoms with van der Waals surface area (Å²) in [4.78, 5) is 6.40. The van der Waals surface area contributed by atoms with Crippen LogP contribution >= 0.6 is 11.6 Å². The van der Waals surface area contributed by atoms with Crippen molar-refractivity contribution in [2.45, 2.75) is 56.7 Å². The first-order chi connectivity index (χ1) is 22.0. The number of halogens is 5. The SMILES string of the molecule is C[C@]1(c2ccc(Cl)cc2F)Oc2cccc(C3CCN(Cc4nnc(-c5nnc(C(F)(F)F)[nH]5)cc4N4CCC(O)C4)CC3)c2O1. The van der Waals surface area contributed by atoms with Gasteiger partial charge >= 0.3 is 6.18 Å². The summed E-state index contributed by atoms with van der Waals surface area (Å²) in [7, 11) is 0. The van der Waals surface area contributed by atoms with Crippen molar-refractivity contribution in [3.05, 3.63) is 75.9 Å². The molecule has 46 heavy (non-hydrogen) atoms. The third-order valence-corrected chi connectivity index (χ3v) is 9.02. The van der Waals surface area contributed by atoms with Gasteiger partial charge in [0.15, 0.2) is 17.3 Å². The Balaban J connectivity index is 1.07. The first-order valence-corrected chi connectivity index (χ1v) is 15.3. The number of alkyl halides is 3. The number of aromatic nitrogens is 5. The number of anilines is 1. The first-order valence-electron chi connectivity index (χ1n) is 15.0. The minimum atomic E-state index is -4.67. The molecule has 15 heteroatoms. The molecule has 2 atom stereocenters. The minimum absolute atomic E-state index is 0.132.